The van der Waals surface area contributed by atoms with Crippen molar-refractivity contribution in [1.29, 1.82) is 0 Å². The monoisotopic (exact) mass is 171 g/mol. The Morgan fingerprint density at radius 3 is 2.58 bits per heavy atom. The van der Waals surface area contributed by atoms with Crippen LogP contribution in [0.5, 0.6) is 0 Å². The molecule has 1 heterocycles. The summed E-state index contributed by atoms with van der Waals surface area (Å²) in [5.41, 5.74) is 8.43. The van der Waals surface area contributed by atoms with E-state index in [-0.39, 0.29) is 11.8 Å². The van der Waals surface area contributed by atoms with Crippen LogP contribution in [0.15, 0.2) is 0 Å². The molecule has 0 atom stereocenters. The summed E-state index contributed by atoms with van der Waals surface area (Å²) >= 11 is 0. The Balaban J connectivity index is 2.25. The molecule has 0 saturated carbocycles. The Labute approximate surface area is 73.1 Å². The van der Waals surface area contributed by atoms with Gasteiger partial charge in [-0.15, -0.1) is 0 Å². The van der Waals surface area contributed by atoms with Crippen LogP contribution in [0.4, 0.5) is 0 Å². The lowest BCUT2D eigenvalue weighted by Crippen LogP contribution is -2.45. The lowest BCUT2D eigenvalue weighted by molar-refractivity contribution is -0.123. The van der Waals surface area contributed by atoms with Crippen LogP contribution < -0.4 is 11.2 Å². The van der Waals surface area contributed by atoms with Crippen LogP contribution in [-0.4, -0.2) is 30.6 Å². The SMILES string of the molecule is CCNN1CCC(C(N)=O)CC1. The fourth-order valence-corrected chi connectivity index (χ4v) is 1.55. The van der Waals surface area contributed by atoms with Crippen LogP contribution in [0.3, 0.4) is 0 Å². The van der Waals surface area contributed by atoms with E-state index in [9.17, 15) is 4.79 Å². The Hall–Kier alpha value is -0.610. The normalized spacial score (nSPS) is 21.1. The van der Waals surface area contributed by atoms with Crippen molar-refractivity contribution in [1.82, 2.24) is 10.4 Å². The van der Waals surface area contributed by atoms with Crippen molar-refractivity contribution in [3.63, 3.8) is 0 Å². The van der Waals surface area contributed by atoms with Crippen molar-refractivity contribution in [2.45, 2.75) is 19.8 Å². The van der Waals surface area contributed by atoms with Crippen LogP contribution in [-0.2, 0) is 4.79 Å². The number of piperidine rings is 1. The quantitative estimate of drug-likeness (QED) is 0.613. The van der Waals surface area contributed by atoms with E-state index in [1.54, 1.807) is 0 Å². The maximum atomic E-state index is 10.8. The minimum atomic E-state index is -0.147. The third-order valence-corrected chi connectivity index (χ3v) is 2.28. The number of hydrogen-bond acceptors (Lipinski definition) is 3. The predicted octanol–water partition coefficient (Wildman–Crippen LogP) is -0.292. The first kappa shape index (κ1) is 9.48. The molecule has 0 radical (unpaired) electrons. The number of primary amides is 1. The van der Waals surface area contributed by atoms with Crippen molar-refractivity contribution in [2.24, 2.45) is 11.7 Å². The summed E-state index contributed by atoms with van der Waals surface area (Å²) in [4.78, 5) is 10.8. The van der Waals surface area contributed by atoms with Gasteiger partial charge < -0.3 is 5.73 Å². The molecule has 0 spiro atoms. The maximum Gasteiger partial charge on any atom is 0.220 e. The summed E-state index contributed by atoms with van der Waals surface area (Å²) in [6.45, 7) is 4.88. The van der Waals surface area contributed by atoms with Crippen LogP contribution in [0.25, 0.3) is 0 Å². The maximum absolute atomic E-state index is 10.8. The zero-order valence-corrected chi connectivity index (χ0v) is 7.55. The number of rotatable bonds is 3. The molecule has 4 heteroatoms. The highest BCUT2D eigenvalue weighted by Crippen LogP contribution is 2.14. The number of carbonyl (C=O) groups is 1. The zero-order chi connectivity index (χ0) is 8.97. The van der Waals surface area contributed by atoms with E-state index in [4.69, 9.17) is 5.73 Å². The van der Waals surface area contributed by atoms with Crippen molar-refractivity contribution < 1.29 is 4.79 Å². The van der Waals surface area contributed by atoms with E-state index in [1.807, 2.05) is 0 Å². The number of carbonyl (C=O) groups excluding carboxylic acids is 1. The first-order valence-electron chi connectivity index (χ1n) is 4.51. The fourth-order valence-electron chi connectivity index (χ4n) is 1.55. The lowest BCUT2D eigenvalue weighted by atomic mass is 9.97. The molecule has 4 nitrogen and oxygen atoms in total. The fraction of sp³-hybridized carbons (Fsp3) is 0.875. The van der Waals surface area contributed by atoms with Crippen molar-refractivity contribution in [3.05, 3.63) is 0 Å². The standard InChI is InChI=1S/C8H17N3O/c1-2-10-11-5-3-7(4-6-11)8(9)12/h7,10H,2-6H2,1H3,(H2,9,12). The highest BCUT2D eigenvalue weighted by Gasteiger charge is 2.22. The molecule has 70 valence electrons. The second-order valence-corrected chi connectivity index (χ2v) is 3.18. The van der Waals surface area contributed by atoms with Gasteiger partial charge in [0.25, 0.3) is 0 Å². The number of nitrogens with two attached hydrogens (primary N) is 1. The summed E-state index contributed by atoms with van der Waals surface area (Å²) in [6, 6.07) is 0. The largest absolute Gasteiger partial charge is 0.369 e. The lowest BCUT2D eigenvalue weighted by Gasteiger charge is -2.30. The molecule has 1 saturated heterocycles. The van der Waals surface area contributed by atoms with Crippen LogP contribution in [0.2, 0.25) is 0 Å². The first-order valence-corrected chi connectivity index (χ1v) is 4.51. The molecule has 1 aliphatic heterocycles. The van der Waals surface area contributed by atoms with Crippen LogP contribution >= 0.6 is 0 Å². The summed E-state index contributed by atoms with van der Waals surface area (Å²) in [5.74, 6) is -0.0499. The Morgan fingerprint density at radius 1 is 1.58 bits per heavy atom. The predicted molar refractivity (Wildman–Crippen MR) is 47.2 cm³/mol. The van der Waals surface area contributed by atoms with E-state index < -0.39 is 0 Å². The average molecular weight is 171 g/mol. The number of hydrogen-bond donors (Lipinski definition) is 2. The minimum absolute atomic E-state index is 0.0971. The number of nitrogens with zero attached hydrogens (tertiary/aromatic N) is 1. The third-order valence-electron chi connectivity index (χ3n) is 2.28. The van der Waals surface area contributed by atoms with Gasteiger partial charge in [0.15, 0.2) is 0 Å². The van der Waals surface area contributed by atoms with Gasteiger partial charge in [-0.2, -0.15) is 0 Å². The Bertz CT molecular complexity index is 152. The highest BCUT2D eigenvalue weighted by atomic mass is 16.1. The van der Waals surface area contributed by atoms with Crippen LogP contribution in [0, 0.1) is 5.92 Å². The van der Waals surface area contributed by atoms with Gasteiger partial charge in [-0.25, -0.2) is 5.01 Å². The molecule has 12 heavy (non-hydrogen) atoms. The molecule has 0 aliphatic carbocycles. The van der Waals surface area contributed by atoms with Crippen molar-refractivity contribution in [2.75, 3.05) is 19.6 Å². The second-order valence-electron chi connectivity index (χ2n) is 3.18. The highest BCUT2D eigenvalue weighted by molar-refractivity contribution is 5.76. The van der Waals surface area contributed by atoms with Gasteiger partial charge in [0.05, 0.1) is 0 Å². The molecule has 0 unspecified atom stereocenters. The van der Waals surface area contributed by atoms with E-state index in [0.29, 0.717) is 0 Å². The van der Waals surface area contributed by atoms with E-state index >= 15 is 0 Å². The molecular weight excluding hydrogens is 154 g/mol. The van der Waals surface area contributed by atoms with Crippen molar-refractivity contribution >= 4 is 5.91 Å². The van der Waals surface area contributed by atoms with Crippen LogP contribution in [0.1, 0.15) is 19.8 Å². The van der Waals surface area contributed by atoms with Gasteiger partial charge in [-0.05, 0) is 12.8 Å². The van der Waals surface area contributed by atoms with E-state index in [2.05, 4.69) is 17.4 Å². The molecule has 0 bridgehead atoms. The molecule has 1 fully saturated rings. The molecule has 0 aromatic heterocycles. The molecule has 0 aromatic rings. The van der Waals surface area contributed by atoms with Gasteiger partial charge >= 0.3 is 0 Å². The molecule has 3 N–H and O–H groups in total. The topological polar surface area (TPSA) is 58.4 Å². The van der Waals surface area contributed by atoms with Crippen molar-refractivity contribution in [3.8, 4) is 0 Å². The first-order chi connectivity index (χ1) is 5.74. The second kappa shape index (κ2) is 4.42. The Kier molecular flexibility index (Phi) is 3.49. The smallest absolute Gasteiger partial charge is 0.220 e. The summed E-state index contributed by atoms with van der Waals surface area (Å²) in [5, 5.41) is 2.15. The minimum Gasteiger partial charge on any atom is -0.369 e. The summed E-state index contributed by atoms with van der Waals surface area (Å²) in [7, 11) is 0. The third kappa shape index (κ3) is 2.46. The van der Waals surface area contributed by atoms with Gasteiger partial charge in [0, 0.05) is 25.6 Å². The molecule has 1 rings (SSSR count). The molecule has 0 aromatic carbocycles. The zero-order valence-electron chi connectivity index (χ0n) is 7.55. The summed E-state index contributed by atoms with van der Waals surface area (Å²) < 4.78 is 0. The summed E-state index contributed by atoms with van der Waals surface area (Å²) in [6.07, 6.45) is 1.78. The van der Waals surface area contributed by atoms with Gasteiger partial charge in [0.1, 0.15) is 0 Å². The molecular formula is C8H17N3O. The number of nitrogens with one attached hydrogen (secondary N) is 1. The van der Waals surface area contributed by atoms with Gasteiger partial charge in [0.2, 0.25) is 5.91 Å². The van der Waals surface area contributed by atoms with Gasteiger partial charge in [-0.3, -0.25) is 10.2 Å². The Morgan fingerprint density at radius 2 is 2.17 bits per heavy atom. The molecule has 1 amide bonds. The number of hydrazine groups is 1. The van der Waals surface area contributed by atoms with E-state index in [0.717, 1.165) is 32.5 Å². The number of amides is 1. The van der Waals surface area contributed by atoms with E-state index in [1.165, 1.54) is 0 Å². The average Bonchev–Trinajstić information content (AvgIpc) is 2.06. The van der Waals surface area contributed by atoms with Gasteiger partial charge in [-0.1, -0.05) is 6.92 Å². The molecule has 1 aliphatic rings.